The van der Waals surface area contributed by atoms with Gasteiger partial charge >= 0.3 is 0 Å². The van der Waals surface area contributed by atoms with Gasteiger partial charge in [0.25, 0.3) is 5.91 Å². The van der Waals surface area contributed by atoms with Gasteiger partial charge in [-0.2, -0.15) is 5.10 Å². The second kappa shape index (κ2) is 5.92. The standard InChI is InChI=1S/C18H24N4O2/c1-18(2,3)8-9-22-10-12-11(5-7-14(22)23)4-6-13-15(12)16(17(19)24)21-20-13/h4,6H,5,7-10H2,1-3H3,(H2,19,24)(H,20,21). The van der Waals surface area contributed by atoms with E-state index in [4.69, 9.17) is 5.73 Å². The molecule has 0 atom stereocenters. The Labute approximate surface area is 141 Å². The molecule has 0 saturated heterocycles. The number of aromatic nitrogens is 2. The molecular formula is C18H24N4O2. The maximum absolute atomic E-state index is 12.5. The molecule has 0 unspecified atom stereocenters. The normalized spacial score (nSPS) is 15.5. The Balaban J connectivity index is 2.02. The van der Waals surface area contributed by atoms with E-state index in [2.05, 4.69) is 31.0 Å². The molecule has 0 saturated carbocycles. The number of hydrogen-bond donors (Lipinski definition) is 2. The second-order valence-electron chi connectivity index (χ2n) is 7.69. The Hall–Kier alpha value is -2.37. The topological polar surface area (TPSA) is 92.1 Å². The van der Waals surface area contributed by atoms with Crippen molar-refractivity contribution in [3.05, 3.63) is 29.0 Å². The summed E-state index contributed by atoms with van der Waals surface area (Å²) in [5.41, 5.74) is 8.77. The smallest absolute Gasteiger partial charge is 0.269 e. The number of H-pyrrole nitrogens is 1. The number of hydrogen-bond acceptors (Lipinski definition) is 3. The highest BCUT2D eigenvalue weighted by molar-refractivity contribution is 6.05. The third-order valence-electron chi connectivity index (χ3n) is 4.61. The minimum atomic E-state index is -0.550. The number of fused-ring (bicyclic) bond motifs is 3. The molecule has 3 N–H and O–H groups in total. The summed E-state index contributed by atoms with van der Waals surface area (Å²) in [6, 6.07) is 3.92. The van der Waals surface area contributed by atoms with Gasteiger partial charge in [-0.3, -0.25) is 14.7 Å². The van der Waals surface area contributed by atoms with Crippen LogP contribution in [0.4, 0.5) is 0 Å². The van der Waals surface area contributed by atoms with E-state index in [9.17, 15) is 9.59 Å². The number of carbonyl (C=O) groups excluding carboxylic acids is 2. The molecule has 6 heteroatoms. The largest absolute Gasteiger partial charge is 0.364 e. The van der Waals surface area contributed by atoms with Crippen LogP contribution in [0.2, 0.25) is 0 Å². The Bertz CT molecular complexity index is 801. The lowest BCUT2D eigenvalue weighted by Crippen LogP contribution is -2.32. The van der Waals surface area contributed by atoms with E-state index in [1.54, 1.807) is 0 Å². The highest BCUT2D eigenvalue weighted by atomic mass is 16.2. The van der Waals surface area contributed by atoms with Gasteiger partial charge in [-0.05, 0) is 35.4 Å². The Morgan fingerprint density at radius 2 is 2.08 bits per heavy atom. The number of rotatable bonds is 3. The van der Waals surface area contributed by atoms with Crippen molar-refractivity contribution in [2.75, 3.05) is 6.54 Å². The minimum Gasteiger partial charge on any atom is -0.364 e. The van der Waals surface area contributed by atoms with Crippen molar-refractivity contribution in [1.82, 2.24) is 15.1 Å². The first-order valence-corrected chi connectivity index (χ1v) is 8.33. The highest BCUT2D eigenvalue weighted by Gasteiger charge is 2.26. The van der Waals surface area contributed by atoms with Crippen LogP contribution in [0.15, 0.2) is 12.1 Å². The summed E-state index contributed by atoms with van der Waals surface area (Å²) >= 11 is 0. The van der Waals surface area contributed by atoms with Gasteiger partial charge in [0.05, 0.1) is 5.52 Å². The van der Waals surface area contributed by atoms with Crippen molar-refractivity contribution >= 4 is 22.7 Å². The number of primary amides is 1. The van der Waals surface area contributed by atoms with Gasteiger partial charge in [0.1, 0.15) is 0 Å². The Kier molecular flexibility index (Phi) is 4.07. The average molecular weight is 328 g/mol. The molecule has 1 aromatic carbocycles. The van der Waals surface area contributed by atoms with E-state index in [0.717, 1.165) is 28.5 Å². The molecule has 24 heavy (non-hydrogen) atoms. The van der Waals surface area contributed by atoms with Gasteiger partial charge in [0, 0.05) is 24.9 Å². The van der Waals surface area contributed by atoms with Crippen LogP contribution in [-0.2, 0) is 17.8 Å². The predicted octanol–water partition coefficient (Wildman–Crippen LogP) is 2.37. The Morgan fingerprint density at radius 3 is 2.75 bits per heavy atom. The predicted molar refractivity (Wildman–Crippen MR) is 92.4 cm³/mol. The van der Waals surface area contributed by atoms with Crippen molar-refractivity contribution in [2.45, 2.75) is 46.6 Å². The molecule has 1 aliphatic heterocycles. The number of nitrogens with zero attached hydrogens (tertiary/aromatic N) is 2. The molecule has 1 aromatic heterocycles. The van der Waals surface area contributed by atoms with E-state index in [1.807, 2.05) is 17.0 Å². The zero-order valence-electron chi connectivity index (χ0n) is 14.5. The van der Waals surface area contributed by atoms with Crippen molar-refractivity contribution < 1.29 is 9.59 Å². The van der Waals surface area contributed by atoms with Crippen molar-refractivity contribution in [3.8, 4) is 0 Å². The number of aromatic amines is 1. The summed E-state index contributed by atoms with van der Waals surface area (Å²) in [5, 5.41) is 7.69. The van der Waals surface area contributed by atoms with Crippen LogP contribution < -0.4 is 5.73 Å². The summed E-state index contributed by atoms with van der Waals surface area (Å²) in [4.78, 5) is 26.1. The van der Waals surface area contributed by atoms with Gasteiger partial charge in [-0.25, -0.2) is 0 Å². The van der Waals surface area contributed by atoms with Crippen molar-refractivity contribution in [3.63, 3.8) is 0 Å². The lowest BCUT2D eigenvalue weighted by atomic mass is 9.92. The summed E-state index contributed by atoms with van der Waals surface area (Å²) < 4.78 is 0. The first-order chi connectivity index (χ1) is 11.3. The minimum absolute atomic E-state index is 0.160. The molecule has 2 aromatic rings. The van der Waals surface area contributed by atoms with Crippen molar-refractivity contribution in [2.24, 2.45) is 11.1 Å². The highest BCUT2D eigenvalue weighted by Crippen LogP contribution is 2.30. The number of nitrogens with two attached hydrogens (primary N) is 1. The number of benzene rings is 1. The zero-order valence-corrected chi connectivity index (χ0v) is 14.5. The van der Waals surface area contributed by atoms with Crippen LogP contribution in [0, 0.1) is 5.41 Å². The Morgan fingerprint density at radius 1 is 1.33 bits per heavy atom. The molecule has 128 valence electrons. The molecule has 0 radical (unpaired) electrons. The van der Waals surface area contributed by atoms with E-state index in [1.165, 1.54) is 0 Å². The number of carbonyl (C=O) groups is 2. The fraction of sp³-hybridized carbons (Fsp3) is 0.500. The van der Waals surface area contributed by atoms with Crippen LogP contribution in [0.25, 0.3) is 10.9 Å². The fourth-order valence-electron chi connectivity index (χ4n) is 3.17. The number of nitrogens with one attached hydrogen (secondary N) is 1. The summed E-state index contributed by atoms with van der Waals surface area (Å²) in [7, 11) is 0. The van der Waals surface area contributed by atoms with Gasteiger partial charge in [0.2, 0.25) is 5.91 Å². The van der Waals surface area contributed by atoms with Crippen LogP contribution in [-0.4, -0.2) is 33.5 Å². The summed E-state index contributed by atoms with van der Waals surface area (Å²) in [5.74, 6) is -0.390. The van der Waals surface area contributed by atoms with Crippen LogP contribution >= 0.6 is 0 Å². The van der Waals surface area contributed by atoms with E-state index >= 15 is 0 Å². The number of amides is 2. The molecule has 0 bridgehead atoms. The lowest BCUT2D eigenvalue weighted by molar-refractivity contribution is -0.131. The van der Waals surface area contributed by atoms with E-state index in [0.29, 0.717) is 25.9 Å². The molecular weight excluding hydrogens is 304 g/mol. The third kappa shape index (κ3) is 3.13. The van der Waals surface area contributed by atoms with Crippen LogP contribution in [0.5, 0.6) is 0 Å². The molecule has 1 aliphatic rings. The summed E-state index contributed by atoms with van der Waals surface area (Å²) in [6.07, 6.45) is 2.10. The van der Waals surface area contributed by atoms with E-state index in [-0.39, 0.29) is 17.0 Å². The molecule has 2 amide bonds. The quantitative estimate of drug-likeness (QED) is 0.906. The first kappa shape index (κ1) is 16.5. The van der Waals surface area contributed by atoms with Gasteiger partial charge < -0.3 is 10.6 Å². The van der Waals surface area contributed by atoms with Gasteiger partial charge in [0.15, 0.2) is 5.69 Å². The molecule has 6 nitrogen and oxygen atoms in total. The van der Waals surface area contributed by atoms with Gasteiger partial charge in [-0.15, -0.1) is 0 Å². The summed E-state index contributed by atoms with van der Waals surface area (Å²) in [6.45, 7) is 7.72. The molecule has 0 spiro atoms. The fourth-order valence-corrected chi connectivity index (χ4v) is 3.17. The monoisotopic (exact) mass is 328 g/mol. The molecule has 0 fully saturated rings. The zero-order chi connectivity index (χ0) is 17.5. The average Bonchev–Trinajstić information content (AvgIpc) is 2.86. The SMILES string of the molecule is CC(C)(C)CCN1Cc2c(ccc3[nH]nc(C(N)=O)c23)CCC1=O. The van der Waals surface area contributed by atoms with E-state index < -0.39 is 5.91 Å². The van der Waals surface area contributed by atoms with Crippen LogP contribution in [0.1, 0.15) is 55.2 Å². The third-order valence-corrected chi connectivity index (χ3v) is 4.61. The molecule has 2 heterocycles. The second-order valence-corrected chi connectivity index (χ2v) is 7.69. The number of aryl methyl sites for hydroxylation is 1. The first-order valence-electron chi connectivity index (χ1n) is 8.33. The van der Waals surface area contributed by atoms with Crippen LogP contribution in [0.3, 0.4) is 0 Å². The molecule has 3 rings (SSSR count). The lowest BCUT2D eigenvalue weighted by Gasteiger charge is -2.26. The molecule has 0 aliphatic carbocycles. The maximum atomic E-state index is 12.5. The van der Waals surface area contributed by atoms with Gasteiger partial charge in [-0.1, -0.05) is 26.8 Å². The maximum Gasteiger partial charge on any atom is 0.269 e. The van der Waals surface area contributed by atoms with Crippen molar-refractivity contribution in [1.29, 1.82) is 0 Å².